The molecule has 1 amide bonds. The van der Waals surface area contributed by atoms with Crippen molar-refractivity contribution < 1.29 is 14.1 Å². The predicted octanol–water partition coefficient (Wildman–Crippen LogP) is 4.90. The Bertz CT molecular complexity index is 975. The van der Waals surface area contributed by atoms with Gasteiger partial charge >= 0.3 is 5.69 Å². The summed E-state index contributed by atoms with van der Waals surface area (Å²) in [6.07, 6.45) is 0. The molecule has 0 fully saturated rings. The lowest BCUT2D eigenvalue weighted by atomic mass is 10.0. The van der Waals surface area contributed by atoms with Crippen LogP contribution in [0.1, 0.15) is 10.4 Å². The van der Waals surface area contributed by atoms with Crippen LogP contribution in [0.4, 0.5) is 15.8 Å². The first kappa shape index (κ1) is 16.1. The number of amides is 1. The summed E-state index contributed by atoms with van der Waals surface area (Å²) >= 11 is 3.43. The summed E-state index contributed by atoms with van der Waals surface area (Å²) in [4.78, 5) is 22.5. The molecule has 0 heterocycles. The summed E-state index contributed by atoms with van der Waals surface area (Å²) in [6.45, 7) is 0. The van der Waals surface area contributed by atoms with Gasteiger partial charge in [0.15, 0.2) is 0 Å². The number of anilines is 1. The fraction of sp³-hybridized carbons (Fsp3) is 0. The van der Waals surface area contributed by atoms with Crippen molar-refractivity contribution in [2.75, 3.05) is 5.32 Å². The Balaban J connectivity index is 1.98. The third-order valence-electron chi connectivity index (χ3n) is 3.51. The molecule has 0 unspecified atom stereocenters. The molecule has 0 saturated heterocycles. The number of nitro benzene ring substituents is 1. The van der Waals surface area contributed by atoms with Crippen LogP contribution in [0.3, 0.4) is 0 Å². The van der Waals surface area contributed by atoms with Crippen LogP contribution in [-0.4, -0.2) is 10.8 Å². The highest BCUT2D eigenvalue weighted by Gasteiger charge is 2.17. The van der Waals surface area contributed by atoms with Gasteiger partial charge in [-0.15, -0.1) is 0 Å². The number of nitro groups is 1. The molecular formula is C17H10BrFN2O3. The van der Waals surface area contributed by atoms with E-state index in [-0.39, 0.29) is 5.69 Å². The van der Waals surface area contributed by atoms with E-state index in [1.165, 1.54) is 6.07 Å². The van der Waals surface area contributed by atoms with Crippen LogP contribution in [0.25, 0.3) is 10.8 Å². The van der Waals surface area contributed by atoms with Gasteiger partial charge in [-0.2, -0.15) is 4.39 Å². The minimum atomic E-state index is -0.952. The second kappa shape index (κ2) is 6.37. The van der Waals surface area contributed by atoms with Gasteiger partial charge in [-0.3, -0.25) is 14.9 Å². The molecule has 5 nitrogen and oxygen atoms in total. The van der Waals surface area contributed by atoms with Crippen molar-refractivity contribution in [2.45, 2.75) is 0 Å². The molecule has 0 spiro atoms. The first-order chi connectivity index (χ1) is 11.5. The number of nitrogens with one attached hydrogen (secondary N) is 1. The third-order valence-corrected chi connectivity index (χ3v) is 4.21. The number of nitrogens with zero attached hydrogens (tertiary/aromatic N) is 1. The van der Waals surface area contributed by atoms with E-state index in [1.807, 2.05) is 24.3 Å². The smallest absolute Gasteiger partial charge is 0.306 e. The fourth-order valence-corrected chi connectivity index (χ4v) is 2.90. The Morgan fingerprint density at radius 1 is 1.08 bits per heavy atom. The molecule has 0 aliphatic rings. The van der Waals surface area contributed by atoms with Gasteiger partial charge in [0, 0.05) is 21.8 Å². The molecular weight excluding hydrogens is 379 g/mol. The number of fused-ring (bicyclic) bond motifs is 1. The monoisotopic (exact) mass is 388 g/mol. The number of hydrogen-bond acceptors (Lipinski definition) is 3. The number of benzene rings is 3. The van der Waals surface area contributed by atoms with Crippen LogP contribution in [0.2, 0.25) is 0 Å². The molecule has 24 heavy (non-hydrogen) atoms. The average molecular weight is 389 g/mol. The van der Waals surface area contributed by atoms with Gasteiger partial charge in [-0.05, 0) is 35.0 Å². The van der Waals surface area contributed by atoms with Gasteiger partial charge in [-0.1, -0.05) is 40.2 Å². The Labute approximate surface area is 144 Å². The molecule has 0 aromatic heterocycles. The van der Waals surface area contributed by atoms with Crippen molar-refractivity contribution in [3.8, 4) is 0 Å². The van der Waals surface area contributed by atoms with E-state index in [4.69, 9.17) is 0 Å². The zero-order chi connectivity index (χ0) is 17.3. The minimum Gasteiger partial charge on any atom is -0.322 e. The quantitative estimate of drug-likeness (QED) is 0.512. The zero-order valence-electron chi connectivity index (χ0n) is 12.1. The van der Waals surface area contributed by atoms with Crippen LogP contribution in [-0.2, 0) is 0 Å². The summed E-state index contributed by atoms with van der Waals surface area (Å²) in [5.74, 6) is -1.38. The number of carbonyl (C=O) groups excluding carboxylic acids is 1. The van der Waals surface area contributed by atoms with Gasteiger partial charge in [-0.25, -0.2) is 0 Å². The molecule has 3 aromatic carbocycles. The van der Waals surface area contributed by atoms with Crippen LogP contribution in [0.5, 0.6) is 0 Å². The van der Waals surface area contributed by atoms with Crippen LogP contribution < -0.4 is 5.32 Å². The maximum atomic E-state index is 13.4. The van der Waals surface area contributed by atoms with E-state index in [9.17, 15) is 19.3 Å². The molecule has 0 aliphatic heterocycles. The zero-order valence-corrected chi connectivity index (χ0v) is 13.7. The van der Waals surface area contributed by atoms with Crippen molar-refractivity contribution in [1.29, 1.82) is 0 Å². The molecule has 7 heteroatoms. The van der Waals surface area contributed by atoms with Crippen LogP contribution in [0, 0.1) is 15.9 Å². The highest BCUT2D eigenvalue weighted by atomic mass is 79.9. The Kier molecular flexibility index (Phi) is 4.26. The minimum absolute atomic E-state index is 0.153. The molecule has 1 N–H and O–H groups in total. The number of halogens is 2. The summed E-state index contributed by atoms with van der Waals surface area (Å²) in [6, 6.07) is 14.0. The molecule has 0 atom stereocenters. The van der Waals surface area contributed by atoms with Crippen LogP contribution in [0.15, 0.2) is 59.1 Å². The predicted molar refractivity (Wildman–Crippen MR) is 92.7 cm³/mol. The van der Waals surface area contributed by atoms with E-state index >= 15 is 0 Å². The molecule has 3 aromatic rings. The molecule has 120 valence electrons. The lowest BCUT2D eigenvalue weighted by Crippen LogP contribution is -2.12. The standard InChI is InChI=1S/C17H10BrFN2O3/c18-14-6-2-3-11-12(14)4-1-5-13(11)17(22)20-10-7-8-15(19)16(9-10)21(23)24/h1-9H,(H,20,22). The van der Waals surface area contributed by atoms with Gasteiger partial charge in [0.2, 0.25) is 5.82 Å². The highest BCUT2D eigenvalue weighted by molar-refractivity contribution is 9.10. The largest absolute Gasteiger partial charge is 0.322 e. The Morgan fingerprint density at radius 2 is 1.79 bits per heavy atom. The molecule has 3 rings (SSSR count). The van der Waals surface area contributed by atoms with Gasteiger partial charge in [0.25, 0.3) is 5.91 Å². The molecule has 0 saturated carbocycles. The summed E-state index contributed by atoms with van der Waals surface area (Å²) < 4.78 is 14.2. The van der Waals surface area contributed by atoms with Gasteiger partial charge in [0.1, 0.15) is 0 Å². The second-order valence-corrected chi connectivity index (χ2v) is 5.87. The van der Waals surface area contributed by atoms with Crippen molar-refractivity contribution >= 4 is 44.0 Å². The first-order valence-corrected chi connectivity index (χ1v) is 7.69. The highest BCUT2D eigenvalue weighted by Crippen LogP contribution is 2.27. The van der Waals surface area contributed by atoms with Gasteiger partial charge in [0.05, 0.1) is 4.92 Å². The number of carbonyl (C=O) groups is 1. The topological polar surface area (TPSA) is 72.2 Å². The first-order valence-electron chi connectivity index (χ1n) is 6.90. The number of hydrogen-bond donors (Lipinski definition) is 1. The molecule has 0 radical (unpaired) electrons. The molecule has 0 bridgehead atoms. The second-order valence-electron chi connectivity index (χ2n) is 5.02. The van der Waals surface area contributed by atoms with E-state index in [2.05, 4.69) is 21.2 Å². The summed E-state index contributed by atoms with van der Waals surface area (Å²) in [7, 11) is 0. The lowest BCUT2D eigenvalue weighted by Gasteiger charge is -2.09. The fourth-order valence-electron chi connectivity index (χ4n) is 2.40. The Hall–Kier alpha value is -2.80. The maximum Gasteiger partial charge on any atom is 0.306 e. The van der Waals surface area contributed by atoms with E-state index in [0.717, 1.165) is 27.4 Å². The van der Waals surface area contributed by atoms with E-state index in [0.29, 0.717) is 5.56 Å². The van der Waals surface area contributed by atoms with Crippen molar-refractivity contribution in [3.05, 3.63) is 80.6 Å². The van der Waals surface area contributed by atoms with Crippen molar-refractivity contribution in [1.82, 2.24) is 0 Å². The normalized spacial score (nSPS) is 10.6. The van der Waals surface area contributed by atoms with Crippen molar-refractivity contribution in [2.24, 2.45) is 0 Å². The third kappa shape index (κ3) is 2.98. The van der Waals surface area contributed by atoms with Crippen LogP contribution >= 0.6 is 15.9 Å². The SMILES string of the molecule is O=C(Nc1ccc(F)c([N+](=O)[O-])c1)c1cccc2c(Br)cccc12. The van der Waals surface area contributed by atoms with E-state index in [1.54, 1.807) is 12.1 Å². The number of rotatable bonds is 3. The Morgan fingerprint density at radius 3 is 2.54 bits per heavy atom. The van der Waals surface area contributed by atoms with Crippen molar-refractivity contribution in [3.63, 3.8) is 0 Å². The lowest BCUT2D eigenvalue weighted by molar-refractivity contribution is -0.387. The van der Waals surface area contributed by atoms with Gasteiger partial charge < -0.3 is 5.32 Å². The average Bonchev–Trinajstić information content (AvgIpc) is 2.56. The molecule has 0 aliphatic carbocycles. The summed E-state index contributed by atoms with van der Waals surface area (Å²) in [5, 5.41) is 15.0. The maximum absolute atomic E-state index is 13.4. The van der Waals surface area contributed by atoms with E-state index < -0.39 is 22.3 Å². The summed E-state index contributed by atoms with van der Waals surface area (Å²) in [5.41, 5.74) is -0.116.